The summed E-state index contributed by atoms with van der Waals surface area (Å²) in [6, 6.07) is 5.78. The van der Waals surface area contributed by atoms with Crippen LogP contribution in [0.3, 0.4) is 0 Å². The summed E-state index contributed by atoms with van der Waals surface area (Å²) in [5, 5.41) is 20.0. The van der Waals surface area contributed by atoms with Gasteiger partial charge in [-0.25, -0.2) is 9.18 Å². The number of pyridine rings is 1. The van der Waals surface area contributed by atoms with Gasteiger partial charge in [0.25, 0.3) is 0 Å². The van der Waals surface area contributed by atoms with E-state index in [0.29, 0.717) is 49.2 Å². The number of hydrogen-bond donors (Lipinski definition) is 2. The Balaban J connectivity index is 1.90. The normalized spacial score (nSPS) is 15.2. The largest absolute Gasteiger partial charge is 0.477 e. The standard InChI is InChI=1S/C29H32ClFN2O6/c1-4-17-12-24-21(28(36)22(29(37)38)14-33(24)25(15-34)16(3)39-5-2)11-18(17)9-19-10-20(13-23(30)27(19)31)32-8-6-7-26(32)35/h10-14,16,25,34H,4-9,15H2,1-3H3,(H,37,38)/t16-,25-/m1/s1. The van der Waals surface area contributed by atoms with Crippen molar-refractivity contribution >= 4 is 40.1 Å². The number of nitrogens with zero attached hydrogens (tertiary/aromatic N) is 2. The van der Waals surface area contributed by atoms with Crippen LogP contribution in [-0.4, -0.2) is 52.5 Å². The van der Waals surface area contributed by atoms with E-state index in [1.165, 1.54) is 12.3 Å². The van der Waals surface area contributed by atoms with Gasteiger partial charge in [0.05, 0.1) is 29.3 Å². The first-order valence-electron chi connectivity index (χ1n) is 13.1. The summed E-state index contributed by atoms with van der Waals surface area (Å²) in [5.74, 6) is -2.06. The SMILES string of the molecule is CCO[C@H](C)[C@@H](CO)n1cc(C(=O)O)c(=O)c2cc(Cc3cc(N4CCCC4=O)cc(Cl)c3F)c(CC)cc21. The minimum absolute atomic E-state index is 0.0509. The minimum atomic E-state index is -1.39. The molecule has 0 saturated carbocycles. The molecule has 2 heterocycles. The molecule has 8 nitrogen and oxygen atoms in total. The number of anilines is 1. The van der Waals surface area contributed by atoms with Gasteiger partial charge in [0.1, 0.15) is 11.4 Å². The number of aliphatic hydroxyl groups excluding tert-OH is 1. The third-order valence-corrected chi connectivity index (χ3v) is 7.61. The van der Waals surface area contributed by atoms with E-state index < -0.39 is 34.9 Å². The van der Waals surface area contributed by atoms with Gasteiger partial charge in [-0.2, -0.15) is 0 Å². The zero-order valence-electron chi connectivity index (χ0n) is 22.2. The van der Waals surface area contributed by atoms with Crippen molar-refractivity contribution in [2.75, 3.05) is 24.7 Å². The van der Waals surface area contributed by atoms with Crippen molar-refractivity contribution in [1.29, 1.82) is 0 Å². The quantitative estimate of drug-likeness (QED) is 0.372. The molecular weight excluding hydrogens is 527 g/mol. The molecule has 39 heavy (non-hydrogen) atoms. The molecule has 0 radical (unpaired) electrons. The zero-order chi connectivity index (χ0) is 28.4. The smallest absolute Gasteiger partial charge is 0.341 e. The number of aliphatic hydroxyl groups is 1. The first-order valence-corrected chi connectivity index (χ1v) is 13.4. The first-order chi connectivity index (χ1) is 18.6. The number of halogens is 2. The monoisotopic (exact) mass is 558 g/mol. The molecule has 10 heteroatoms. The van der Waals surface area contributed by atoms with Crippen molar-refractivity contribution in [3.63, 3.8) is 0 Å². The fourth-order valence-corrected chi connectivity index (χ4v) is 5.52. The molecule has 1 aliphatic rings. The Morgan fingerprint density at radius 3 is 2.49 bits per heavy atom. The molecule has 2 atom stereocenters. The number of ether oxygens (including phenoxy) is 1. The summed E-state index contributed by atoms with van der Waals surface area (Å²) in [5.41, 5.74) is 1.57. The van der Waals surface area contributed by atoms with Crippen LogP contribution in [0.5, 0.6) is 0 Å². The Kier molecular flexibility index (Phi) is 8.73. The van der Waals surface area contributed by atoms with Gasteiger partial charge in [0.2, 0.25) is 11.3 Å². The van der Waals surface area contributed by atoms with Crippen LogP contribution in [-0.2, 0) is 22.4 Å². The second kappa shape index (κ2) is 11.9. The summed E-state index contributed by atoms with van der Waals surface area (Å²) in [6.07, 6.45) is 2.54. The van der Waals surface area contributed by atoms with Gasteiger partial charge in [-0.1, -0.05) is 18.5 Å². The molecule has 4 rings (SSSR count). The average molecular weight is 559 g/mol. The van der Waals surface area contributed by atoms with Gasteiger partial charge in [-0.05, 0) is 67.6 Å². The van der Waals surface area contributed by atoms with Crippen molar-refractivity contribution in [2.45, 2.75) is 58.6 Å². The van der Waals surface area contributed by atoms with Crippen LogP contribution in [0, 0.1) is 5.82 Å². The Morgan fingerprint density at radius 2 is 1.90 bits per heavy atom. The Hall–Kier alpha value is -3.27. The highest BCUT2D eigenvalue weighted by Crippen LogP contribution is 2.32. The summed E-state index contributed by atoms with van der Waals surface area (Å²) >= 11 is 6.22. The van der Waals surface area contributed by atoms with E-state index in [-0.39, 0.29) is 34.9 Å². The Morgan fingerprint density at radius 1 is 1.15 bits per heavy atom. The molecule has 0 spiro atoms. The van der Waals surface area contributed by atoms with E-state index in [9.17, 15) is 24.6 Å². The third-order valence-electron chi connectivity index (χ3n) is 7.33. The molecule has 1 fully saturated rings. The van der Waals surface area contributed by atoms with Gasteiger partial charge in [-0.3, -0.25) is 9.59 Å². The number of aryl methyl sites for hydroxylation is 1. The number of fused-ring (bicyclic) bond motifs is 1. The molecule has 0 unspecified atom stereocenters. The Bertz CT molecular complexity index is 1490. The lowest BCUT2D eigenvalue weighted by Crippen LogP contribution is -2.30. The number of aromatic nitrogens is 1. The van der Waals surface area contributed by atoms with Crippen LogP contribution < -0.4 is 10.3 Å². The van der Waals surface area contributed by atoms with Gasteiger partial charge < -0.3 is 24.4 Å². The van der Waals surface area contributed by atoms with Crippen molar-refractivity contribution in [3.05, 3.63) is 73.8 Å². The van der Waals surface area contributed by atoms with Crippen LogP contribution in [0.4, 0.5) is 10.1 Å². The van der Waals surface area contributed by atoms with Crippen LogP contribution in [0.1, 0.15) is 66.7 Å². The summed E-state index contributed by atoms with van der Waals surface area (Å²) in [7, 11) is 0. The molecule has 1 aliphatic heterocycles. The molecule has 1 aromatic heterocycles. The number of carbonyl (C=O) groups is 2. The van der Waals surface area contributed by atoms with Crippen LogP contribution in [0.15, 0.2) is 35.3 Å². The highest BCUT2D eigenvalue weighted by molar-refractivity contribution is 6.31. The fraction of sp³-hybridized carbons (Fsp3) is 0.414. The number of carboxylic acids is 1. The summed E-state index contributed by atoms with van der Waals surface area (Å²) in [4.78, 5) is 39.2. The predicted octanol–water partition coefficient (Wildman–Crippen LogP) is 4.73. The number of carboxylic acid groups (broad SMARTS) is 1. The molecule has 2 N–H and O–H groups in total. The van der Waals surface area contributed by atoms with Crippen molar-refractivity contribution in [3.8, 4) is 0 Å². The maximum absolute atomic E-state index is 15.2. The molecule has 2 aromatic carbocycles. The molecular formula is C29H32ClFN2O6. The Labute approximate surface area is 230 Å². The van der Waals surface area contributed by atoms with Crippen molar-refractivity contribution in [1.82, 2.24) is 4.57 Å². The lowest BCUT2D eigenvalue weighted by molar-refractivity contribution is -0.117. The molecule has 3 aromatic rings. The van der Waals surface area contributed by atoms with Gasteiger partial charge >= 0.3 is 5.97 Å². The van der Waals surface area contributed by atoms with E-state index in [0.717, 1.165) is 5.56 Å². The number of carbonyl (C=O) groups excluding carboxylic acids is 1. The van der Waals surface area contributed by atoms with Crippen molar-refractivity contribution in [2.24, 2.45) is 0 Å². The summed E-state index contributed by atoms with van der Waals surface area (Å²) in [6.45, 7) is 6.09. The number of rotatable bonds is 10. The fourth-order valence-electron chi connectivity index (χ4n) is 5.28. The number of amides is 1. The minimum Gasteiger partial charge on any atom is -0.477 e. The molecule has 0 aliphatic carbocycles. The number of aromatic carboxylic acids is 1. The van der Waals surface area contributed by atoms with E-state index in [4.69, 9.17) is 16.3 Å². The maximum atomic E-state index is 15.2. The second-order valence-corrected chi connectivity index (χ2v) is 10.1. The first kappa shape index (κ1) is 28.7. The van der Waals surface area contributed by atoms with Gasteiger partial charge in [0, 0.05) is 43.3 Å². The average Bonchev–Trinajstić information content (AvgIpc) is 3.33. The lowest BCUT2D eigenvalue weighted by Gasteiger charge is -2.27. The lowest BCUT2D eigenvalue weighted by atomic mass is 9.94. The second-order valence-electron chi connectivity index (χ2n) is 9.71. The zero-order valence-corrected chi connectivity index (χ0v) is 22.9. The van der Waals surface area contributed by atoms with Crippen LogP contribution in [0.2, 0.25) is 5.02 Å². The van der Waals surface area contributed by atoms with E-state index in [1.807, 2.05) is 13.8 Å². The number of hydrogen-bond acceptors (Lipinski definition) is 5. The maximum Gasteiger partial charge on any atom is 0.341 e. The number of benzene rings is 2. The van der Waals surface area contributed by atoms with E-state index in [1.54, 1.807) is 34.6 Å². The highest BCUT2D eigenvalue weighted by Gasteiger charge is 2.26. The van der Waals surface area contributed by atoms with Crippen LogP contribution in [0.25, 0.3) is 10.9 Å². The summed E-state index contributed by atoms with van der Waals surface area (Å²) < 4.78 is 22.5. The topological polar surface area (TPSA) is 109 Å². The van der Waals surface area contributed by atoms with E-state index >= 15 is 4.39 Å². The molecule has 1 amide bonds. The predicted molar refractivity (Wildman–Crippen MR) is 148 cm³/mol. The molecule has 1 saturated heterocycles. The van der Waals surface area contributed by atoms with Gasteiger partial charge in [-0.15, -0.1) is 0 Å². The van der Waals surface area contributed by atoms with E-state index in [2.05, 4.69) is 0 Å². The van der Waals surface area contributed by atoms with Crippen molar-refractivity contribution < 1.29 is 28.9 Å². The molecule has 208 valence electrons. The van der Waals surface area contributed by atoms with Crippen LogP contribution >= 0.6 is 11.6 Å². The third kappa shape index (κ3) is 5.57. The molecule has 0 bridgehead atoms. The highest BCUT2D eigenvalue weighted by atomic mass is 35.5. The van der Waals surface area contributed by atoms with Gasteiger partial charge in [0.15, 0.2) is 0 Å².